The smallest absolute Gasteiger partial charge is 0.255 e. The molecule has 1 N–H and O–H groups in total. The van der Waals surface area contributed by atoms with Gasteiger partial charge in [-0.3, -0.25) is 4.79 Å². The quantitative estimate of drug-likeness (QED) is 0.676. The van der Waals surface area contributed by atoms with Gasteiger partial charge in [0.15, 0.2) is 0 Å². The van der Waals surface area contributed by atoms with E-state index in [9.17, 15) is 4.79 Å². The highest BCUT2D eigenvalue weighted by molar-refractivity contribution is 5.97. The molecule has 3 heterocycles. The Bertz CT molecular complexity index is 1020. The van der Waals surface area contributed by atoms with Crippen LogP contribution in [0, 0.1) is 6.92 Å². The lowest BCUT2D eigenvalue weighted by Crippen LogP contribution is -2.46. The molecule has 2 aromatic heterocycles. The molecule has 0 saturated carbocycles. The van der Waals surface area contributed by atoms with E-state index in [0.717, 1.165) is 42.8 Å². The third kappa shape index (κ3) is 4.49. The van der Waals surface area contributed by atoms with Crippen molar-refractivity contribution in [3.8, 4) is 5.75 Å². The number of likely N-dealkylation sites (tertiary alicyclic amines) is 1. The van der Waals surface area contributed by atoms with E-state index in [1.54, 1.807) is 0 Å². The molecule has 1 amide bonds. The van der Waals surface area contributed by atoms with Gasteiger partial charge in [0.1, 0.15) is 18.0 Å². The molecule has 0 spiro atoms. The first-order chi connectivity index (χ1) is 14.5. The molecule has 0 radical (unpaired) electrons. The number of piperidine rings is 1. The van der Waals surface area contributed by atoms with Crippen LogP contribution < -0.4 is 10.1 Å². The summed E-state index contributed by atoms with van der Waals surface area (Å²) >= 11 is 0. The number of carbonyl (C=O) groups is 1. The van der Waals surface area contributed by atoms with E-state index in [1.807, 2.05) is 60.1 Å². The van der Waals surface area contributed by atoms with Gasteiger partial charge in [0.25, 0.3) is 5.91 Å². The molecule has 30 heavy (non-hydrogen) atoms. The van der Waals surface area contributed by atoms with Crippen LogP contribution in [-0.4, -0.2) is 45.4 Å². The normalized spacial score (nSPS) is 15.6. The van der Waals surface area contributed by atoms with Crippen LogP contribution in [0.3, 0.4) is 0 Å². The topological polar surface area (TPSA) is 58.9 Å². The molecule has 6 nitrogen and oxygen atoms in total. The van der Waals surface area contributed by atoms with Crippen molar-refractivity contribution >= 4 is 11.6 Å². The second-order valence-corrected chi connectivity index (χ2v) is 8.32. The number of hydrogen-bond donors (Lipinski definition) is 1. The summed E-state index contributed by atoms with van der Waals surface area (Å²) in [6.07, 6.45) is 5.90. The van der Waals surface area contributed by atoms with Gasteiger partial charge in [0, 0.05) is 37.6 Å². The van der Waals surface area contributed by atoms with Crippen molar-refractivity contribution < 1.29 is 9.53 Å². The van der Waals surface area contributed by atoms with Crippen LogP contribution in [0.1, 0.15) is 48.3 Å². The highest BCUT2D eigenvalue weighted by atomic mass is 16.5. The molecule has 4 rings (SSSR count). The Labute approximate surface area is 177 Å². The van der Waals surface area contributed by atoms with Crippen molar-refractivity contribution in [3.05, 3.63) is 65.6 Å². The summed E-state index contributed by atoms with van der Waals surface area (Å²) in [7, 11) is 0. The highest BCUT2D eigenvalue weighted by Crippen LogP contribution is 2.21. The SMILES string of the molecule is Cc1cccn2cc(COc3ccccc3C(=O)NC3CCN(C(C)C)CC3)nc12. The number of rotatable bonds is 6. The van der Waals surface area contributed by atoms with E-state index >= 15 is 0 Å². The van der Waals surface area contributed by atoms with E-state index in [2.05, 4.69) is 29.0 Å². The molecule has 0 aliphatic carbocycles. The number of aryl methyl sites for hydroxylation is 1. The number of amides is 1. The molecule has 0 unspecified atom stereocenters. The van der Waals surface area contributed by atoms with Crippen LogP contribution in [0.15, 0.2) is 48.8 Å². The monoisotopic (exact) mass is 406 g/mol. The van der Waals surface area contributed by atoms with Crippen LogP contribution in [0.25, 0.3) is 5.65 Å². The van der Waals surface area contributed by atoms with Crippen LogP contribution in [-0.2, 0) is 6.61 Å². The fourth-order valence-electron chi connectivity index (χ4n) is 4.03. The van der Waals surface area contributed by atoms with Gasteiger partial charge in [-0.15, -0.1) is 0 Å². The van der Waals surface area contributed by atoms with Gasteiger partial charge in [0.05, 0.1) is 11.3 Å². The van der Waals surface area contributed by atoms with Gasteiger partial charge in [-0.1, -0.05) is 18.2 Å². The van der Waals surface area contributed by atoms with Gasteiger partial charge in [0.2, 0.25) is 0 Å². The maximum Gasteiger partial charge on any atom is 0.255 e. The van der Waals surface area contributed by atoms with E-state index < -0.39 is 0 Å². The summed E-state index contributed by atoms with van der Waals surface area (Å²) in [5.74, 6) is 0.517. The number of fused-ring (bicyclic) bond motifs is 1. The van der Waals surface area contributed by atoms with Gasteiger partial charge >= 0.3 is 0 Å². The zero-order valence-electron chi connectivity index (χ0n) is 18.0. The number of carbonyl (C=O) groups excluding carboxylic acids is 1. The molecular formula is C24H30N4O2. The number of nitrogens with one attached hydrogen (secondary N) is 1. The molecule has 1 saturated heterocycles. The second kappa shape index (κ2) is 8.88. The van der Waals surface area contributed by atoms with Gasteiger partial charge < -0.3 is 19.4 Å². The summed E-state index contributed by atoms with van der Waals surface area (Å²) in [5, 5.41) is 3.20. The summed E-state index contributed by atoms with van der Waals surface area (Å²) in [6.45, 7) is 8.84. The maximum absolute atomic E-state index is 12.9. The minimum Gasteiger partial charge on any atom is -0.486 e. The molecule has 1 aliphatic heterocycles. The first-order valence-corrected chi connectivity index (χ1v) is 10.7. The highest BCUT2D eigenvalue weighted by Gasteiger charge is 2.23. The summed E-state index contributed by atoms with van der Waals surface area (Å²) in [4.78, 5) is 20.0. The average Bonchev–Trinajstić information content (AvgIpc) is 3.17. The van der Waals surface area contributed by atoms with E-state index in [4.69, 9.17) is 4.74 Å². The van der Waals surface area contributed by atoms with Crippen LogP contribution in [0.5, 0.6) is 5.75 Å². The first kappa shape index (κ1) is 20.4. The van der Waals surface area contributed by atoms with Gasteiger partial charge in [-0.25, -0.2) is 4.98 Å². The number of aromatic nitrogens is 2. The molecule has 0 atom stereocenters. The Morgan fingerprint density at radius 1 is 1.20 bits per heavy atom. The Hall–Kier alpha value is -2.86. The molecule has 0 bridgehead atoms. The fraction of sp³-hybridized carbons (Fsp3) is 0.417. The molecule has 3 aromatic rings. The average molecular weight is 407 g/mol. The van der Waals surface area contributed by atoms with E-state index in [-0.39, 0.29) is 11.9 Å². The number of nitrogens with zero attached hydrogens (tertiary/aromatic N) is 3. The molecule has 1 aliphatic rings. The van der Waals surface area contributed by atoms with Crippen LogP contribution in [0.2, 0.25) is 0 Å². The lowest BCUT2D eigenvalue weighted by molar-refractivity contribution is 0.0896. The number of benzene rings is 1. The van der Waals surface area contributed by atoms with Gasteiger partial charge in [-0.05, 0) is 57.4 Å². The number of pyridine rings is 1. The van der Waals surface area contributed by atoms with Crippen molar-refractivity contribution in [2.75, 3.05) is 13.1 Å². The zero-order chi connectivity index (χ0) is 21.1. The number of imidazole rings is 1. The Kier molecular flexibility index (Phi) is 6.04. The van der Waals surface area contributed by atoms with E-state index in [0.29, 0.717) is 24.0 Å². The molecular weight excluding hydrogens is 376 g/mol. The molecule has 1 fully saturated rings. The van der Waals surface area contributed by atoms with Gasteiger partial charge in [-0.2, -0.15) is 0 Å². The minimum atomic E-state index is -0.0700. The Morgan fingerprint density at radius 2 is 1.97 bits per heavy atom. The maximum atomic E-state index is 12.9. The Morgan fingerprint density at radius 3 is 2.70 bits per heavy atom. The van der Waals surface area contributed by atoms with Crippen LogP contribution in [0.4, 0.5) is 0 Å². The standard InChI is InChI=1S/C24H30N4O2/c1-17(2)27-13-10-19(11-14-27)26-24(29)21-8-4-5-9-22(21)30-16-20-15-28-12-6-7-18(3)23(28)25-20/h4-9,12,15,17,19H,10-11,13-14,16H2,1-3H3,(H,26,29). The molecule has 158 valence electrons. The van der Waals surface area contributed by atoms with Crippen LogP contribution >= 0.6 is 0 Å². The largest absolute Gasteiger partial charge is 0.486 e. The van der Waals surface area contributed by atoms with Crippen molar-refractivity contribution in [2.24, 2.45) is 0 Å². The third-order valence-corrected chi connectivity index (χ3v) is 5.83. The Balaban J connectivity index is 1.40. The fourth-order valence-corrected chi connectivity index (χ4v) is 4.03. The molecule has 1 aromatic carbocycles. The van der Waals surface area contributed by atoms with Crippen molar-refractivity contribution in [1.82, 2.24) is 19.6 Å². The third-order valence-electron chi connectivity index (χ3n) is 5.83. The lowest BCUT2D eigenvalue weighted by atomic mass is 10.0. The number of ether oxygens (including phenoxy) is 1. The van der Waals surface area contributed by atoms with Crippen molar-refractivity contribution in [1.29, 1.82) is 0 Å². The zero-order valence-corrected chi connectivity index (χ0v) is 18.0. The second-order valence-electron chi connectivity index (χ2n) is 8.32. The summed E-state index contributed by atoms with van der Waals surface area (Å²) < 4.78 is 8.00. The van der Waals surface area contributed by atoms with Crippen molar-refractivity contribution in [3.63, 3.8) is 0 Å². The number of para-hydroxylation sites is 1. The number of hydrogen-bond acceptors (Lipinski definition) is 4. The molecule has 6 heteroatoms. The predicted molar refractivity (Wildman–Crippen MR) is 118 cm³/mol. The minimum absolute atomic E-state index is 0.0700. The lowest BCUT2D eigenvalue weighted by Gasteiger charge is -2.34. The first-order valence-electron chi connectivity index (χ1n) is 10.7. The van der Waals surface area contributed by atoms with E-state index in [1.165, 1.54) is 0 Å². The summed E-state index contributed by atoms with van der Waals surface area (Å²) in [6, 6.07) is 12.2. The predicted octanol–water partition coefficient (Wildman–Crippen LogP) is 3.82. The van der Waals surface area contributed by atoms with Crippen molar-refractivity contribution in [2.45, 2.75) is 52.3 Å². The summed E-state index contributed by atoms with van der Waals surface area (Å²) in [5.41, 5.74) is 3.45.